The van der Waals surface area contributed by atoms with Crippen molar-refractivity contribution in [1.82, 2.24) is 5.32 Å². The van der Waals surface area contributed by atoms with Gasteiger partial charge < -0.3 is 10.4 Å². The van der Waals surface area contributed by atoms with Gasteiger partial charge in [0, 0.05) is 17.5 Å². The van der Waals surface area contributed by atoms with Crippen molar-refractivity contribution in [3.63, 3.8) is 0 Å². The van der Waals surface area contributed by atoms with Crippen LogP contribution in [-0.4, -0.2) is 17.7 Å². The minimum atomic E-state index is 0. The lowest BCUT2D eigenvalue weighted by atomic mass is 9.87. The number of rotatable bonds is 4. The summed E-state index contributed by atoms with van der Waals surface area (Å²) in [7, 11) is 0. The van der Waals surface area contributed by atoms with Gasteiger partial charge in [-0.05, 0) is 54.3 Å². The molecule has 0 saturated carbocycles. The largest absolute Gasteiger partial charge is 0.508 e. The van der Waals surface area contributed by atoms with Crippen molar-refractivity contribution in [2.75, 3.05) is 6.54 Å². The summed E-state index contributed by atoms with van der Waals surface area (Å²) in [6, 6.07) is 10.7. The molecule has 1 aromatic heterocycles. The standard InChI is InChI=1S/C16H19NOS.ClH/c18-16-5-1-3-12-11-13(6-7-15(12)16)17-9-8-14-4-2-10-19-14;/h1-5,10,13,17-18H,6-9,11H2;1H/t13-;/m0./s1. The molecule has 0 bridgehead atoms. The summed E-state index contributed by atoms with van der Waals surface area (Å²) in [6.07, 6.45) is 4.25. The van der Waals surface area contributed by atoms with E-state index in [9.17, 15) is 5.11 Å². The summed E-state index contributed by atoms with van der Waals surface area (Å²) in [5.41, 5.74) is 2.46. The van der Waals surface area contributed by atoms with Crippen molar-refractivity contribution in [3.8, 4) is 5.75 Å². The summed E-state index contributed by atoms with van der Waals surface area (Å²) in [5.74, 6) is 0.467. The first-order valence-corrected chi connectivity index (χ1v) is 7.76. The lowest BCUT2D eigenvalue weighted by Crippen LogP contribution is -2.35. The Hall–Kier alpha value is -1.03. The normalized spacial score (nSPS) is 17.3. The molecule has 0 radical (unpaired) electrons. The maximum Gasteiger partial charge on any atom is 0.119 e. The van der Waals surface area contributed by atoms with Crippen molar-refractivity contribution >= 4 is 23.7 Å². The number of benzene rings is 1. The van der Waals surface area contributed by atoms with E-state index in [1.165, 1.54) is 10.4 Å². The van der Waals surface area contributed by atoms with Gasteiger partial charge in [-0.3, -0.25) is 0 Å². The van der Waals surface area contributed by atoms with E-state index in [0.717, 1.165) is 37.8 Å². The molecule has 0 unspecified atom stereocenters. The van der Waals surface area contributed by atoms with Crippen molar-refractivity contribution in [2.45, 2.75) is 31.7 Å². The van der Waals surface area contributed by atoms with Gasteiger partial charge >= 0.3 is 0 Å². The summed E-state index contributed by atoms with van der Waals surface area (Å²) in [4.78, 5) is 1.45. The van der Waals surface area contributed by atoms with E-state index in [1.807, 2.05) is 17.4 Å². The first-order valence-electron chi connectivity index (χ1n) is 6.88. The van der Waals surface area contributed by atoms with Crippen LogP contribution in [0.1, 0.15) is 22.4 Å². The molecule has 2 aromatic rings. The molecule has 0 fully saturated rings. The maximum atomic E-state index is 9.82. The number of hydrogen-bond donors (Lipinski definition) is 2. The van der Waals surface area contributed by atoms with Crippen molar-refractivity contribution < 1.29 is 5.11 Å². The van der Waals surface area contributed by atoms with Gasteiger partial charge in [0.1, 0.15) is 5.75 Å². The SMILES string of the molecule is Cl.Oc1cccc2c1CC[C@H](NCCc1cccs1)C2. The molecule has 1 atom stereocenters. The maximum absolute atomic E-state index is 9.82. The molecule has 1 aliphatic carbocycles. The van der Waals surface area contributed by atoms with Gasteiger partial charge in [-0.15, -0.1) is 23.7 Å². The van der Waals surface area contributed by atoms with Crippen LogP contribution in [0, 0.1) is 0 Å². The van der Waals surface area contributed by atoms with Gasteiger partial charge in [0.15, 0.2) is 0 Å². The molecule has 2 nitrogen and oxygen atoms in total. The van der Waals surface area contributed by atoms with Crippen molar-refractivity contribution in [3.05, 3.63) is 51.7 Å². The fraction of sp³-hybridized carbons (Fsp3) is 0.375. The van der Waals surface area contributed by atoms with Crippen LogP contribution in [0.5, 0.6) is 5.75 Å². The Balaban J connectivity index is 0.00000147. The van der Waals surface area contributed by atoms with E-state index >= 15 is 0 Å². The van der Waals surface area contributed by atoms with Gasteiger partial charge in [-0.2, -0.15) is 0 Å². The number of phenolic OH excluding ortho intramolecular Hbond substituents is 1. The minimum Gasteiger partial charge on any atom is -0.508 e. The highest BCUT2D eigenvalue weighted by Gasteiger charge is 2.19. The number of phenols is 1. The highest BCUT2D eigenvalue weighted by atomic mass is 35.5. The first kappa shape index (κ1) is 15.4. The van der Waals surface area contributed by atoms with Gasteiger partial charge in [-0.1, -0.05) is 18.2 Å². The second-order valence-electron chi connectivity index (χ2n) is 5.14. The van der Waals surface area contributed by atoms with Gasteiger partial charge in [0.2, 0.25) is 0 Å². The Bertz CT molecular complexity index is 541. The zero-order valence-electron chi connectivity index (χ0n) is 11.3. The second kappa shape index (κ2) is 7.11. The van der Waals surface area contributed by atoms with Crippen molar-refractivity contribution in [2.24, 2.45) is 0 Å². The molecule has 0 spiro atoms. The third-order valence-corrected chi connectivity index (χ3v) is 4.78. The van der Waals surface area contributed by atoms with Crippen molar-refractivity contribution in [1.29, 1.82) is 0 Å². The minimum absolute atomic E-state index is 0. The van der Waals surface area contributed by atoms with E-state index in [0.29, 0.717) is 11.8 Å². The van der Waals surface area contributed by atoms with Gasteiger partial charge in [-0.25, -0.2) is 0 Å². The Labute approximate surface area is 130 Å². The highest BCUT2D eigenvalue weighted by molar-refractivity contribution is 7.09. The molecule has 0 amide bonds. The third kappa shape index (κ3) is 3.54. The number of thiophene rings is 1. The average Bonchev–Trinajstić information content (AvgIpc) is 2.92. The lowest BCUT2D eigenvalue weighted by molar-refractivity contribution is 0.433. The van der Waals surface area contributed by atoms with Gasteiger partial charge in [0.05, 0.1) is 0 Å². The summed E-state index contributed by atoms with van der Waals surface area (Å²) >= 11 is 1.83. The predicted molar refractivity (Wildman–Crippen MR) is 87.2 cm³/mol. The lowest BCUT2D eigenvalue weighted by Gasteiger charge is -2.26. The smallest absolute Gasteiger partial charge is 0.119 e. The molecule has 1 heterocycles. The summed E-state index contributed by atoms with van der Waals surface area (Å²) in [5, 5.41) is 15.6. The van der Waals surface area contributed by atoms with Crippen LogP contribution >= 0.6 is 23.7 Å². The van der Waals surface area contributed by atoms with E-state index in [2.05, 4.69) is 28.9 Å². The average molecular weight is 310 g/mol. The molecule has 1 aliphatic rings. The van der Waals surface area contributed by atoms with Gasteiger partial charge in [0.25, 0.3) is 0 Å². The molecule has 0 aliphatic heterocycles. The monoisotopic (exact) mass is 309 g/mol. The quantitative estimate of drug-likeness (QED) is 0.905. The fourth-order valence-corrected chi connectivity index (χ4v) is 3.52. The topological polar surface area (TPSA) is 32.3 Å². The number of hydrogen-bond acceptors (Lipinski definition) is 3. The Morgan fingerprint density at radius 3 is 2.95 bits per heavy atom. The summed E-state index contributed by atoms with van der Waals surface area (Å²) < 4.78 is 0. The van der Waals surface area contributed by atoms with Crippen LogP contribution < -0.4 is 5.32 Å². The first-order chi connectivity index (χ1) is 9.33. The Kier molecular flexibility index (Phi) is 5.46. The zero-order chi connectivity index (χ0) is 13.1. The molecular formula is C16H20ClNOS. The fourth-order valence-electron chi connectivity index (χ4n) is 2.82. The Morgan fingerprint density at radius 2 is 2.15 bits per heavy atom. The van der Waals surface area contributed by atoms with Crippen LogP contribution in [0.4, 0.5) is 0 Å². The second-order valence-corrected chi connectivity index (χ2v) is 6.17. The van der Waals surface area contributed by atoms with E-state index < -0.39 is 0 Å². The highest BCUT2D eigenvalue weighted by Crippen LogP contribution is 2.28. The van der Waals surface area contributed by atoms with Crippen LogP contribution in [-0.2, 0) is 19.3 Å². The third-order valence-electron chi connectivity index (χ3n) is 3.84. The molecule has 1 aromatic carbocycles. The van der Waals surface area contributed by atoms with Crippen LogP contribution in [0.15, 0.2) is 35.7 Å². The molecular weight excluding hydrogens is 290 g/mol. The number of nitrogens with one attached hydrogen (secondary N) is 1. The van der Waals surface area contributed by atoms with E-state index in [4.69, 9.17) is 0 Å². The van der Waals surface area contributed by atoms with E-state index in [-0.39, 0.29) is 12.4 Å². The van der Waals surface area contributed by atoms with Crippen LogP contribution in [0.3, 0.4) is 0 Å². The molecule has 108 valence electrons. The predicted octanol–water partition coefficient (Wildman–Crippen LogP) is 3.57. The van der Waals surface area contributed by atoms with Crippen LogP contribution in [0.25, 0.3) is 0 Å². The summed E-state index contributed by atoms with van der Waals surface area (Å²) in [6.45, 7) is 1.04. The molecule has 0 saturated heterocycles. The van der Waals surface area contributed by atoms with E-state index in [1.54, 1.807) is 6.07 Å². The molecule has 2 N–H and O–H groups in total. The molecule has 4 heteroatoms. The number of fused-ring (bicyclic) bond motifs is 1. The number of halogens is 1. The molecule has 3 rings (SSSR count). The number of aromatic hydroxyl groups is 1. The van der Waals surface area contributed by atoms with Crippen LogP contribution in [0.2, 0.25) is 0 Å². The molecule has 20 heavy (non-hydrogen) atoms. The Morgan fingerprint density at radius 1 is 1.25 bits per heavy atom. The zero-order valence-corrected chi connectivity index (χ0v) is 13.0.